The van der Waals surface area contributed by atoms with Crippen LogP contribution in [0.3, 0.4) is 0 Å². The van der Waals surface area contributed by atoms with Gasteiger partial charge in [-0.15, -0.1) is 5.10 Å². The molecule has 45 heavy (non-hydrogen) atoms. The van der Waals surface area contributed by atoms with Crippen molar-refractivity contribution in [3.05, 3.63) is 125 Å². The Morgan fingerprint density at radius 1 is 1.04 bits per heavy atom. The van der Waals surface area contributed by atoms with Crippen LogP contribution in [-0.4, -0.2) is 68.2 Å². The van der Waals surface area contributed by atoms with Gasteiger partial charge < -0.3 is 19.5 Å². The largest absolute Gasteiger partial charge is 0.459 e. The zero-order valence-electron chi connectivity index (χ0n) is 24.1. The summed E-state index contributed by atoms with van der Waals surface area (Å²) in [6.07, 6.45) is 2.09. The summed E-state index contributed by atoms with van der Waals surface area (Å²) in [4.78, 5) is 17.9. The van der Waals surface area contributed by atoms with Crippen LogP contribution in [0.1, 0.15) is 17.2 Å². The van der Waals surface area contributed by atoms with Crippen LogP contribution in [0.25, 0.3) is 5.69 Å². The third-order valence-electron chi connectivity index (χ3n) is 7.82. The molecule has 3 atom stereocenters. The van der Waals surface area contributed by atoms with E-state index >= 15 is 4.39 Å². The van der Waals surface area contributed by atoms with Crippen molar-refractivity contribution in [2.24, 2.45) is 0 Å². The molecule has 7 rings (SSSR count). The molecule has 2 aliphatic rings. The summed E-state index contributed by atoms with van der Waals surface area (Å²) < 4.78 is 51.7. The van der Waals surface area contributed by atoms with Crippen molar-refractivity contribution in [1.82, 2.24) is 34.5 Å². The van der Waals surface area contributed by atoms with Gasteiger partial charge in [0.25, 0.3) is 0 Å². The Hall–Kier alpha value is -4.92. The van der Waals surface area contributed by atoms with Gasteiger partial charge in [-0.05, 0) is 29.8 Å². The molecule has 0 saturated carbocycles. The number of halogens is 2. The Balaban J connectivity index is 1.20. The van der Waals surface area contributed by atoms with Gasteiger partial charge in [0, 0.05) is 31.3 Å². The fourth-order valence-corrected chi connectivity index (χ4v) is 5.74. The molecular weight excluding hydrogens is 586 g/mol. The lowest BCUT2D eigenvalue weighted by Gasteiger charge is -2.37. The van der Waals surface area contributed by atoms with E-state index in [0.29, 0.717) is 25.3 Å². The number of para-hydroxylation sites is 1. The maximum atomic E-state index is 15.1. The summed E-state index contributed by atoms with van der Waals surface area (Å²) in [7, 11) is 0. The van der Waals surface area contributed by atoms with Crippen molar-refractivity contribution < 1.29 is 23.0 Å². The third kappa shape index (κ3) is 5.70. The normalized spacial score (nSPS) is 21.7. The van der Waals surface area contributed by atoms with E-state index in [1.807, 2.05) is 53.5 Å². The van der Waals surface area contributed by atoms with Crippen molar-refractivity contribution in [2.75, 3.05) is 37.9 Å². The molecule has 3 aromatic carbocycles. The van der Waals surface area contributed by atoms with Crippen LogP contribution in [0.2, 0.25) is 0 Å². The Labute approximate surface area is 256 Å². The van der Waals surface area contributed by atoms with Gasteiger partial charge >= 0.3 is 11.7 Å². The highest BCUT2D eigenvalue weighted by molar-refractivity contribution is 5.31. The molecule has 1 N–H and O–H groups in total. The van der Waals surface area contributed by atoms with Crippen LogP contribution in [0, 0.1) is 11.6 Å². The van der Waals surface area contributed by atoms with Gasteiger partial charge in [0.05, 0.1) is 18.3 Å². The number of hydrogen-bond acceptors (Lipinski definition) is 9. The number of nitrogens with zero attached hydrogens (tertiary/aromatic N) is 7. The van der Waals surface area contributed by atoms with Crippen molar-refractivity contribution in [3.8, 4) is 11.7 Å². The quantitative estimate of drug-likeness (QED) is 0.267. The molecule has 12 nitrogen and oxygen atoms in total. The number of piperazine rings is 1. The second kappa shape index (κ2) is 12.2. The lowest BCUT2D eigenvalue weighted by atomic mass is 10.0. The highest BCUT2D eigenvalue weighted by atomic mass is 19.1. The van der Waals surface area contributed by atoms with E-state index in [1.165, 1.54) is 32.8 Å². The zero-order valence-corrected chi connectivity index (χ0v) is 24.1. The molecule has 2 fully saturated rings. The van der Waals surface area contributed by atoms with Crippen LogP contribution in [0.4, 0.5) is 8.78 Å². The lowest BCUT2D eigenvalue weighted by Crippen LogP contribution is -2.54. The second-order valence-electron chi connectivity index (χ2n) is 10.7. The van der Waals surface area contributed by atoms with Gasteiger partial charge in [-0.2, -0.15) is 14.5 Å². The van der Waals surface area contributed by atoms with Gasteiger partial charge in [0.2, 0.25) is 5.79 Å². The molecule has 0 bridgehead atoms. The first-order chi connectivity index (χ1) is 22.0. The minimum absolute atomic E-state index is 0.0127. The van der Waals surface area contributed by atoms with Gasteiger partial charge in [-0.25, -0.2) is 23.2 Å². The van der Waals surface area contributed by atoms with Gasteiger partial charge in [-0.3, -0.25) is 5.01 Å². The number of nitrogens with one attached hydrogen (secondary N) is 1. The molecule has 5 aromatic rings. The molecule has 232 valence electrons. The van der Waals surface area contributed by atoms with Crippen molar-refractivity contribution >= 4 is 0 Å². The average Bonchev–Trinajstić information content (AvgIpc) is 3.81. The number of rotatable bonds is 9. The molecule has 2 aliphatic heterocycles. The molecule has 2 saturated heterocycles. The van der Waals surface area contributed by atoms with Crippen LogP contribution < -0.4 is 20.8 Å². The SMILES string of the molecule is O=c1n(-c2ccccc2)nc(OCC2COC(Cn3cncn3)(c3ccc(F)cc3F)O2)n1N1CCNCC1c1ccccc1. The standard InChI is InChI=1S/C31H30F2N8O4/c32-23-11-12-26(27(33)15-23)31(19-38-21-35-20-36-38)44-18-25(45-31)17-43-29-37-40(24-9-5-2-6-10-24)30(42)41(29)39-14-13-34-16-28(39)22-7-3-1-4-8-22/h1-12,15,20-21,25,28,34H,13-14,16-19H2. The summed E-state index contributed by atoms with van der Waals surface area (Å²) in [6.45, 7) is 1.69. The highest BCUT2D eigenvalue weighted by Gasteiger charge is 2.46. The van der Waals surface area contributed by atoms with Crippen molar-refractivity contribution in [1.29, 1.82) is 0 Å². The maximum absolute atomic E-state index is 15.1. The summed E-state index contributed by atoms with van der Waals surface area (Å²) in [5.74, 6) is -3.17. The molecule has 0 radical (unpaired) electrons. The fourth-order valence-electron chi connectivity index (χ4n) is 5.74. The molecule has 0 aliphatic carbocycles. The Morgan fingerprint density at radius 2 is 1.84 bits per heavy atom. The van der Waals surface area contributed by atoms with Crippen LogP contribution in [0.15, 0.2) is 96.3 Å². The van der Waals surface area contributed by atoms with Crippen molar-refractivity contribution in [2.45, 2.75) is 24.5 Å². The number of aromatic nitrogens is 6. The predicted octanol–water partition coefficient (Wildman–Crippen LogP) is 2.53. The number of hydrogen-bond donors (Lipinski definition) is 1. The summed E-state index contributed by atoms with van der Waals surface area (Å²) in [6, 6.07) is 22.1. The maximum Gasteiger partial charge on any atom is 0.372 e. The Bertz CT molecular complexity index is 1800. The molecule has 2 aromatic heterocycles. The van der Waals surface area contributed by atoms with E-state index in [-0.39, 0.29) is 37.4 Å². The van der Waals surface area contributed by atoms with E-state index < -0.39 is 29.2 Å². The minimum Gasteiger partial charge on any atom is -0.459 e. The smallest absolute Gasteiger partial charge is 0.372 e. The Morgan fingerprint density at radius 3 is 2.60 bits per heavy atom. The first kappa shape index (κ1) is 28.8. The molecule has 3 unspecified atom stereocenters. The van der Waals surface area contributed by atoms with Crippen molar-refractivity contribution in [3.63, 3.8) is 0 Å². The molecule has 0 spiro atoms. The van der Waals surface area contributed by atoms with E-state index in [9.17, 15) is 9.18 Å². The van der Waals surface area contributed by atoms with E-state index in [2.05, 4.69) is 20.5 Å². The summed E-state index contributed by atoms with van der Waals surface area (Å²) in [5.41, 5.74) is 1.23. The van der Waals surface area contributed by atoms with Gasteiger partial charge in [0.15, 0.2) is 0 Å². The summed E-state index contributed by atoms with van der Waals surface area (Å²) >= 11 is 0. The average molecular weight is 617 g/mol. The number of ether oxygens (including phenoxy) is 3. The number of benzene rings is 3. The van der Waals surface area contributed by atoms with E-state index in [0.717, 1.165) is 17.7 Å². The lowest BCUT2D eigenvalue weighted by molar-refractivity contribution is -0.192. The Kier molecular flexibility index (Phi) is 7.83. The van der Waals surface area contributed by atoms with Crippen LogP contribution in [-0.2, 0) is 21.8 Å². The predicted molar refractivity (Wildman–Crippen MR) is 157 cm³/mol. The topological polar surface area (TPSA) is 113 Å². The van der Waals surface area contributed by atoms with Gasteiger partial charge in [-0.1, -0.05) is 48.5 Å². The molecule has 0 amide bonds. The highest BCUT2D eigenvalue weighted by Crippen LogP contribution is 2.38. The summed E-state index contributed by atoms with van der Waals surface area (Å²) in [5, 5.41) is 14.1. The molecular formula is C31H30F2N8O4. The van der Waals surface area contributed by atoms with Crippen LogP contribution in [0.5, 0.6) is 6.01 Å². The minimum atomic E-state index is -1.63. The molecule has 4 heterocycles. The zero-order chi connectivity index (χ0) is 30.8. The fraction of sp³-hybridized carbons (Fsp3) is 0.290. The van der Waals surface area contributed by atoms with E-state index in [1.54, 1.807) is 12.1 Å². The first-order valence-electron chi connectivity index (χ1n) is 14.5. The third-order valence-corrected chi connectivity index (χ3v) is 7.82. The molecule has 14 heteroatoms. The van der Waals surface area contributed by atoms with E-state index in [4.69, 9.17) is 14.2 Å². The second-order valence-corrected chi connectivity index (χ2v) is 10.7. The van der Waals surface area contributed by atoms with Crippen LogP contribution >= 0.6 is 0 Å². The first-order valence-corrected chi connectivity index (χ1v) is 14.5. The monoisotopic (exact) mass is 616 g/mol. The van der Waals surface area contributed by atoms with Gasteiger partial charge in [0.1, 0.15) is 43.5 Å².